The predicted molar refractivity (Wildman–Crippen MR) is 141 cm³/mol. The van der Waals surface area contributed by atoms with Crippen molar-refractivity contribution >= 4 is 33.2 Å². The molecule has 0 saturated heterocycles. The number of sulfonamides is 1. The Morgan fingerprint density at radius 1 is 1.03 bits per heavy atom. The lowest BCUT2D eigenvalue weighted by molar-refractivity contribution is -0.120. The molecule has 3 aromatic rings. The summed E-state index contributed by atoms with van der Waals surface area (Å²) in [5.74, 6) is -0.136. The second-order valence-electron chi connectivity index (χ2n) is 9.06. The van der Waals surface area contributed by atoms with Gasteiger partial charge in [0.25, 0.3) is 10.0 Å². The van der Waals surface area contributed by atoms with E-state index in [2.05, 4.69) is 31.3 Å². The van der Waals surface area contributed by atoms with Crippen LogP contribution in [0.15, 0.2) is 83.8 Å². The van der Waals surface area contributed by atoms with Gasteiger partial charge in [0.1, 0.15) is 12.3 Å². The van der Waals surface area contributed by atoms with Gasteiger partial charge in [-0.3, -0.25) is 9.10 Å². The van der Waals surface area contributed by atoms with Crippen LogP contribution in [-0.2, 0) is 20.2 Å². The van der Waals surface area contributed by atoms with Crippen molar-refractivity contribution < 1.29 is 17.9 Å². The SMILES string of the molecule is COc1ccc(Cl)cc1N(CC(=O)NC(C)CC(C)(C)c1ccccc1)S(=O)(=O)c1ccccc1. The highest BCUT2D eigenvalue weighted by molar-refractivity contribution is 7.92. The smallest absolute Gasteiger partial charge is 0.264 e. The number of hydrogen-bond donors (Lipinski definition) is 1. The summed E-state index contributed by atoms with van der Waals surface area (Å²) < 4.78 is 33.6. The maximum Gasteiger partial charge on any atom is 0.264 e. The molecule has 1 unspecified atom stereocenters. The normalized spacial score (nSPS) is 12.6. The molecule has 3 aromatic carbocycles. The van der Waals surface area contributed by atoms with Crippen LogP contribution >= 0.6 is 11.6 Å². The van der Waals surface area contributed by atoms with Gasteiger partial charge in [-0.1, -0.05) is 74.0 Å². The quantitative estimate of drug-likeness (QED) is 0.392. The minimum Gasteiger partial charge on any atom is -0.495 e. The molecule has 0 aliphatic heterocycles. The number of nitrogens with one attached hydrogen (secondary N) is 1. The summed E-state index contributed by atoms with van der Waals surface area (Å²) >= 11 is 6.19. The molecule has 0 fully saturated rings. The van der Waals surface area contributed by atoms with Crippen LogP contribution in [0.2, 0.25) is 5.02 Å². The lowest BCUT2D eigenvalue weighted by Crippen LogP contribution is -2.45. The van der Waals surface area contributed by atoms with E-state index in [0.717, 1.165) is 9.87 Å². The lowest BCUT2D eigenvalue weighted by atomic mass is 9.79. The molecular weight excluding hydrogens is 484 g/mol. The van der Waals surface area contributed by atoms with E-state index in [1.807, 2.05) is 25.1 Å². The van der Waals surface area contributed by atoms with Crippen LogP contribution in [0.4, 0.5) is 5.69 Å². The fourth-order valence-electron chi connectivity index (χ4n) is 4.15. The molecule has 0 aliphatic rings. The number of benzene rings is 3. The van der Waals surface area contributed by atoms with Crippen molar-refractivity contribution in [2.24, 2.45) is 0 Å². The van der Waals surface area contributed by atoms with Gasteiger partial charge < -0.3 is 10.1 Å². The molecular formula is C27H31ClN2O4S. The first-order chi connectivity index (χ1) is 16.5. The Hall–Kier alpha value is -3.03. The van der Waals surface area contributed by atoms with Gasteiger partial charge in [-0.05, 0) is 54.7 Å². The summed E-state index contributed by atoms with van der Waals surface area (Å²) in [4.78, 5) is 13.2. The number of hydrogen-bond acceptors (Lipinski definition) is 4. The van der Waals surface area contributed by atoms with Gasteiger partial charge in [0.05, 0.1) is 17.7 Å². The van der Waals surface area contributed by atoms with Crippen LogP contribution in [0.1, 0.15) is 32.8 Å². The monoisotopic (exact) mass is 514 g/mol. The van der Waals surface area contributed by atoms with Crippen LogP contribution < -0.4 is 14.4 Å². The number of carbonyl (C=O) groups is 1. The Morgan fingerprint density at radius 3 is 2.23 bits per heavy atom. The Labute approximate surface area is 212 Å². The highest BCUT2D eigenvalue weighted by atomic mass is 35.5. The number of carbonyl (C=O) groups excluding carboxylic acids is 1. The first kappa shape index (κ1) is 26.6. The molecule has 0 saturated carbocycles. The zero-order chi connectivity index (χ0) is 25.6. The van der Waals surface area contributed by atoms with Gasteiger partial charge in [0.2, 0.25) is 5.91 Å². The fourth-order valence-corrected chi connectivity index (χ4v) is 5.76. The standard InChI is InChI=1S/C27H31ClN2O4S/c1-20(18-27(2,3)21-11-7-5-8-12-21)29-26(31)19-30(24-17-22(28)15-16-25(24)34-4)35(32,33)23-13-9-6-10-14-23/h5-17,20H,18-19H2,1-4H3,(H,29,31). The zero-order valence-electron chi connectivity index (χ0n) is 20.4. The number of amides is 1. The van der Waals surface area contributed by atoms with E-state index >= 15 is 0 Å². The van der Waals surface area contributed by atoms with E-state index in [9.17, 15) is 13.2 Å². The molecule has 1 atom stereocenters. The molecule has 8 heteroatoms. The number of anilines is 1. The Balaban J connectivity index is 1.87. The van der Waals surface area contributed by atoms with E-state index in [1.54, 1.807) is 30.3 Å². The largest absolute Gasteiger partial charge is 0.495 e. The first-order valence-electron chi connectivity index (χ1n) is 11.3. The second-order valence-corrected chi connectivity index (χ2v) is 11.4. The summed E-state index contributed by atoms with van der Waals surface area (Å²) in [5.41, 5.74) is 1.18. The summed E-state index contributed by atoms with van der Waals surface area (Å²) in [6, 6.07) is 22.5. The van der Waals surface area contributed by atoms with Crippen molar-refractivity contribution in [3.63, 3.8) is 0 Å². The zero-order valence-corrected chi connectivity index (χ0v) is 21.9. The average molecular weight is 515 g/mol. The molecule has 0 radical (unpaired) electrons. The van der Waals surface area contributed by atoms with E-state index in [1.165, 1.54) is 25.3 Å². The predicted octanol–water partition coefficient (Wildman–Crippen LogP) is 5.42. The van der Waals surface area contributed by atoms with Gasteiger partial charge in [-0.25, -0.2) is 8.42 Å². The molecule has 186 valence electrons. The summed E-state index contributed by atoms with van der Waals surface area (Å²) in [5, 5.41) is 3.29. The summed E-state index contributed by atoms with van der Waals surface area (Å²) in [6.07, 6.45) is 0.675. The third-order valence-corrected chi connectivity index (χ3v) is 7.82. The highest BCUT2D eigenvalue weighted by Crippen LogP contribution is 2.35. The van der Waals surface area contributed by atoms with Crippen LogP contribution in [0.25, 0.3) is 0 Å². The molecule has 1 N–H and O–H groups in total. The van der Waals surface area contributed by atoms with Gasteiger partial charge in [0.15, 0.2) is 0 Å². The molecule has 6 nitrogen and oxygen atoms in total. The molecule has 3 rings (SSSR count). The third-order valence-electron chi connectivity index (χ3n) is 5.81. The Morgan fingerprint density at radius 2 is 1.63 bits per heavy atom. The van der Waals surface area contributed by atoms with Crippen molar-refractivity contribution in [1.82, 2.24) is 5.32 Å². The molecule has 1 amide bonds. The van der Waals surface area contributed by atoms with Gasteiger partial charge >= 0.3 is 0 Å². The lowest BCUT2D eigenvalue weighted by Gasteiger charge is -2.30. The minimum atomic E-state index is -4.08. The molecule has 0 bridgehead atoms. The first-order valence-corrected chi connectivity index (χ1v) is 13.1. The second kappa shape index (κ2) is 11.1. The number of ether oxygens (including phenoxy) is 1. The molecule has 35 heavy (non-hydrogen) atoms. The number of nitrogens with zero attached hydrogens (tertiary/aromatic N) is 1. The Kier molecular flexibility index (Phi) is 8.46. The molecule has 0 aliphatic carbocycles. The van der Waals surface area contributed by atoms with Crippen LogP contribution in [0.5, 0.6) is 5.75 Å². The fraction of sp³-hybridized carbons (Fsp3) is 0.296. The topological polar surface area (TPSA) is 75.7 Å². The number of rotatable bonds is 10. The van der Waals surface area contributed by atoms with E-state index in [0.29, 0.717) is 17.2 Å². The van der Waals surface area contributed by atoms with Crippen LogP contribution in [-0.4, -0.2) is 34.0 Å². The van der Waals surface area contributed by atoms with E-state index in [-0.39, 0.29) is 22.0 Å². The Bertz CT molecular complexity index is 1250. The van der Waals surface area contributed by atoms with Crippen molar-refractivity contribution in [1.29, 1.82) is 0 Å². The van der Waals surface area contributed by atoms with Crippen molar-refractivity contribution in [3.8, 4) is 5.75 Å². The average Bonchev–Trinajstić information content (AvgIpc) is 2.83. The van der Waals surface area contributed by atoms with E-state index in [4.69, 9.17) is 16.3 Å². The van der Waals surface area contributed by atoms with Crippen molar-refractivity contribution in [2.75, 3.05) is 18.0 Å². The molecule has 0 aromatic heterocycles. The summed E-state index contributed by atoms with van der Waals surface area (Å²) in [6.45, 7) is 5.73. The third kappa shape index (κ3) is 6.55. The number of methoxy groups -OCH3 is 1. The number of halogens is 1. The minimum absolute atomic E-state index is 0.0630. The van der Waals surface area contributed by atoms with Gasteiger partial charge in [0, 0.05) is 11.1 Å². The highest BCUT2D eigenvalue weighted by Gasteiger charge is 2.31. The van der Waals surface area contributed by atoms with Crippen LogP contribution in [0.3, 0.4) is 0 Å². The maximum absolute atomic E-state index is 13.6. The maximum atomic E-state index is 13.6. The summed E-state index contributed by atoms with van der Waals surface area (Å²) in [7, 11) is -2.64. The van der Waals surface area contributed by atoms with Gasteiger partial charge in [-0.15, -0.1) is 0 Å². The molecule has 0 spiro atoms. The van der Waals surface area contributed by atoms with E-state index < -0.39 is 22.5 Å². The van der Waals surface area contributed by atoms with Crippen molar-refractivity contribution in [3.05, 3.63) is 89.4 Å². The van der Waals surface area contributed by atoms with Crippen LogP contribution in [0, 0.1) is 0 Å². The molecule has 0 heterocycles. The van der Waals surface area contributed by atoms with Gasteiger partial charge in [-0.2, -0.15) is 0 Å². The van der Waals surface area contributed by atoms with Crippen molar-refractivity contribution in [2.45, 2.75) is 43.5 Å².